The van der Waals surface area contributed by atoms with Crippen molar-refractivity contribution < 1.29 is 4.79 Å². The molecular formula is C11H13Cl2NO. The third-order valence-corrected chi connectivity index (χ3v) is 2.53. The molecule has 4 heteroatoms. The second-order valence-electron chi connectivity index (χ2n) is 3.58. The summed E-state index contributed by atoms with van der Waals surface area (Å²) in [5.41, 5.74) is 0.749. The molecule has 0 radical (unpaired) electrons. The number of hydrogen-bond acceptors (Lipinski definition) is 1. The molecule has 0 heterocycles. The number of hydrogen-bond donors (Lipinski definition) is 1. The van der Waals surface area contributed by atoms with E-state index in [0.29, 0.717) is 5.02 Å². The largest absolute Gasteiger partial charge is 0.352 e. The van der Waals surface area contributed by atoms with E-state index in [-0.39, 0.29) is 11.9 Å². The zero-order valence-electron chi connectivity index (χ0n) is 8.63. The van der Waals surface area contributed by atoms with E-state index in [4.69, 9.17) is 23.2 Å². The maximum Gasteiger partial charge on any atom is 0.242 e. The van der Waals surface area contributed by atoms with Gasteiger partial charge in [0.1, 0.15) is 5.38 Å². The summed E-state index contributed by atoms with van der Waals surface area (Å²) in [5.74, 6) is -0.186. The summed E-state index contributed by atoms with van der Waals surface area (Å²) in [5, 5.41) is 2.72. The van der Waals surface area contributed by atoms with Crippen LogP contribution in [-0.4, -0.2) is 11.9 Å². The van der Waals surface area contributed by atoms with Gasteiger partial charge in [-0.25, -0.2) is 0 Å². The van der Waals surface area contributed by atoms with Crippen molar-refractivity contribution in [1.29, 1.82) is 0 Å². The van der Waals surface area contributed by atoms with E-state index in [2.05, 4.69) is 5.32 Å². The highest BCUT2D eigenvalue weighted by Gasteiger charge is 2.17. The first kappa shape index (κ1) is 12.3. The highest BCUT2D eigenvalue weighted by Crippen LogP contribution is 2.22. The molecule has 1 atom stereocenters. The third kappa shape index (κ3) is 3.73. The lowest BCUT2D eigenvalue weighted by atomic mass is 10.1. The molecule has 15 heavy (non-hydrogen) atoms. The van der Waals surface area contributed by atoms with Gasteiger partial charge in [-0.1, -0.05) is 23.7 Å². The van der Waals surface area contributed by atoms with Gasteiger partial charge in [-0.2, -0.15) is 0 Å². The van der Waals surface area contributed by atoms with E-state index in [0.717, 1.165) is 5.56 Å². The van der Waals surface area contributed by atoms with E-state index in [1.165, 1.54) is 0 Å². The van der Waals surface area contributed by atoms with E-state index in [9.17, 15) is 4.79 Å². The second-order valence-corrected chi connectivity index (χ2v) is 4.45. The number of carbonyl (C=O) groups excluding carboxylic acids is 1. The molecule has 0 aromatic heterocycles. The molecule has 0 saturated carbocycles. The average Bonchev–Trinajstić information content (AvgIpc) is 2.17. The smallest absolute Gasteiger partial charge is 0.242 e. The van der Waals surface area contributed by atoms with E-state index in [1.54, 1.807) is 24.3 Å². The summed E-state index contributed by atoms with van der Waals surface area (Å²) in [6.07, 6.45) is 0. The van der Waals surface area contributed by atoms with Gasteiger partial charge in [0.15, 0.2) is 0 Å². The normalized spacial score (nSPS) is 12.6. The van der Waals surface area contributed by atoms with Crippen molar-refractivity contribution in [3.63, 3.8) is 0 Å². The average molecular weight is 246 g/mol. The number of amides is 1. The molecule has 82 valence electrons. The van der Waals surface area contributed by atoms with Crippen LogP contribution < -0.4 is 5.32 Å². The van der Waals surface area contributed by atoms with Crippen LogP contribution >= 0.6 is 23.2 Å². The molecule has 1 amide bonds. The third-order valence-electron chi connectivity index (χ3n) is 1.82. The van der Waals surface area contributed by atoms with Gasteiger partial charge in [0.25, 0.3) is 0 Å². The Morgan fingerprint density at radius 1 is 1.27 bits per heavy atom. The number of carbonyl (C=O) groups is 1. The van der Waals surface area contributed by atoms with Crippen molar-refractivity contribution in [3.8, 4) is 0 Å². The van der Waals surface area contributed by atoms with Crippen molar-refractivity contribution in [3.05, 3.63) is 34.9 Å². The fourth-order valence-electron chi connectivity index (χ4n) is 1.14. The molecular weight excluding hydrogens is 233 g/mol. The first-order valence-corrected chi connectivity index (χ1v) is 5.52. The Balaban J connectivity index is 2.71. The lowest BCUT2D eigenvalue weighted by Crippen LogP contribution is -2.32. The molecule has 0 aliphatic rings. The van der Waals surface area contributed by atoms with Crippen molar-refractivity contribution >= 4 is 29.1 Å². The van der Waals surface area contributed by atoms with Crippen molar-refractivity contribution in [2.24, 2.45) is 0 Å². The molecule has 0 spiro atoms. The van der Waals surface area contributed by atoms with Crippen LogP contribution in [0, 0.1) is 0 Å². The molecule has 0 fully saturated rings. The molecule has 1 unspecified atom stereocenters. The van der Waals surface area contributed by atoms with Crippen LogP contribution in [0.2, 0.25) is 5.02 Å². The first-order chi connectivity index (χ1) is 7.00. The fraction of sp³-hybridized carbons (Fsp3) is 0.364. The van der Waals surface area contributed by atoms with Crippen LogP contribution in [-0.2, 0) is 4.79 Å². The molecule has 0 aliphatic carbocycles. The Hall–Kier alpha value is -0.730. The molecule has 1 rings (SSSR count). The van der Waals surface area contributed by atoms with Crippen LogP contribution in [0.25, 0.3) is 0 Å². The Morgan fingerprint density at radius 3 is 2.27 bits per heavy atom. The fourth-order valence-corrected chi connectivity index (χ4v) is 1.48. The van der Waals surface area contributed by atoms with E-state index < -0.39 is 5.38 Å². The molecule has 2 nitrogen and oxygen atoms in total. The zero-order chi connectivity index (χ0) is 11.4. The van der Waals surface area contributed by atoms with Gasteiger partial charge in [-0.05, 0) is 31.5 Å². The lowest BCUT2D eigenvalue weighted by Gasteiger charge is -2.13. The van der Waals surface area contributed by atoms with Gasteiger partial charge in [0, 0.05) is 11.1 Å². The van der Waals surface area contributed by atoms with Gasteiger partial charge >= 0.3 is 0 Å². The number of alkyl halides is 1. The highest BCUT2D eigenvalue weighted by atomic mass is 35.5. The standard InChI is InChI=1S/C11H13Cl2NO/c1-7(2)14-11(15)10(13)8-3-5-9(12)6-4-8/h3-7,10H,1-2H3,(H,14,15). The summed E-state index contributed by atoms with van der Waals surface area (Å²) in [6, 6.07) is 7.02. The second kappa shape index (κ2) is 5.38. The SMILES string of the molecule is CC(C)NC(=O)C(Cl)c1ccc(Cl)cc1. The minimum Gasteiger partial charge on any atom is -0.352 e. The van der Waals surface area contributed by atoms with Crippen LogP contribution in [0.15, 0.2) is 24.3 Å². The molecule has 1 N–H and O–H groups in total. The first-order valence-electron chi connectivity index (χ1n) is 4.70. The predicted molar refractivity (Wildman–Crippen MR) is 63.3 cm³/mol. The molecule has 1 aromatic rings. The summed E-state index contributed by atoms with van der Waals surface area (Å²) in [7, 11) is 0. The van der Waals surface area contributed by atoms with Crippen molar-refractivity contribution in [1.82, 2.24) is 5.32 Å². The van der Waals surface area contributed by atoms with Crippen LogP contribution in [0.3, 0.4) is 0 Å². The lowest BCUT2D eigenvalue weighted by molar-refractivity contribution is -0.121. The van der Waals surface area contributed by atoms with Crippen LogP contribution in [0.4, 0.5) is 0 Å². The van der Waals surface area contributed by atoms with Crippen LogP contribution in [0.5, 0.6) is 0 Å². The predicted octanol–water partition coefficient (Wildman–Crippen LogP) is 3.14. The molecule has 0 bridgehead atoms. The van der Waals surface area contributed by atoms with Crippen molar-refractivity contribution in [2.75, 3.05) is 0 Å². The maximum absolute atomic E-state index is 11.6. The minimum atomic E-state index is -0.662. The summed E-state index contributed by atoms with van der Waals surface area (Å²) >= 11 is 11.7. The Morgan fingerprint density at radius 2 is 1.80 bits per heavy atom. The molecule has 1 aromatic carbocycles. The van der Waals surface area contributed by atoms with Gasteiger partial charge in [-0.3, -0.25) is 4.79 Å². The van der Waals surface area contributed by atoms with E-state index >= 15 is 0 Å². The summed E-state index contributed by atoms with van der Waals surface area (Å²) in [6.45, 7) is 3.78. The topological polar surface area (TPSA) is 29.1 Å². The Bertz CT molecular complexity index is 335. The van der Waals surface area contributed by atoms with Gasteiger partial charge in [0.2, 0.25) is 5.91 Å². The maximum atomic E-state index is 11.6. The Kier molecular flexibility index (Phi) is 4.43. The highest BCUT2D eigenvalue weighted by molar-refractivity contribution is 6.31. The van der Waals surface area contributed by atoms with Gasteiger partial charge in [-0.15, -0.1) is 11.6 Å². The monoisotopic (exact) mass is 245 g/mol. The van der Waals surface area contributed by atoms with Crippen molar-refractivity contribution in [2.45, 2.75) is 25.3 Å². The van der Waals surface area contributed by atoms with E-state index in [1.807, 2.05) is 13.8 Å². The summed E-state index contributed by atoms with van der Waals surface area (Å²) < 4.78 is 0. The minimum absolute atomic E-state index is 0.0889. The van der Waals surface area contributed by atoms with Gasteiger partial charge < -0.3 is 5.32 Å². The zero-order valence-corrected chi connectivity index (χ0v) is 10.1. The molecule has 0 saturated heterocycles. The Labute approximate surface area is 99.6 Å². The van der Waals surface area contributed by atoms with Gasteiger partial charge in [0.05, 0.1) is 0 Å². The molecule has 0 aliphatic heterocycles. The number of rotatable bonds is 3. The summed E-state index contributed by atoms with van der Waals surface area (Å²) in [4.78, 5) is 11.6. The number of halogens is 2. The number of nitrogens with one attached hydrogen (secondary N) is 1. The number of benzene rings is 1. The van der Waals surface area contributed by atoms with Crippen LogP contribution in [0.1, 0.15) is 24.8 Å². The quantitative estimate of drug-likeness (QED) is 0.815.